The number of likely N-dealkylation sites (N-methyl/N-ethyl adjacent to an activating group) is 1. The molecule has 2 aliphatic rings. The van der Waals surface area contributed by atoms with Crippen LogP contribution in [0.5, 0.6) is 0 Å². The topological polar surface area (TPSA) is 53.0 Å². The Kier molecular flexibility index (Phi) is 6.24. The largest absolute Gasteiger partial charge is 0.389 e. The highest BCUT2D eigenvalue weighted by Crippen LogP contribution is 2.31. The minimum absolute atomic E-state index is 0.0946. The number of nitrogens with zero attached hydrogens (tertiary/aromatic N) is 2. The molecule has 5 nitrogen and oxygen atoms in total. The van der Waals surface area contributed by atoms with Crippen molar-refractivity contribution < 1.29 is 14.6 Å². The molecule has 1 aliphatic carbocycles. The fraction of sp³-hybridized carbons (Fsp3) is 0.941. The molecule has 0 aromatic heterocycles. The number of methoxy groups -OCH3 is 1. The second-order valence-corrected chi connectivity index (χ2v) is 7.19. The van der Waals surface area contributed by atoms with Crippen LogP contribution >= 0.6 is 0 Å². The van der Waals surface area contributed by atoms with Crippen molar-refractivity contribution in [3.05, 3.63) is 0 Å². The Hall–Kier alpha value is -0.650. The third-order valence-corrected chi connectivity index (χ3v) is 5.65. The van der Waals surface area contributed by atoms with E-state index in [2.05, 4.69) is 11.9 Å². The zero-order valence-electron chi connectivity index (χ0n) is 14.4. The van der Waals surface area contributed by atoms with E-state index in [1.165, 1.54) is 25.7 Å². The number of likely N-dealkylation sites (tertiary alicyclic amines) is 1. The molecule has 2 fully saturated rings. The van der Waals surface area contributed by atoms with Gasteiger partial charge < -0.3 is 14.7 Å². The molecule has 0 bridgehead atoms. The Morgan fingerprint density at radius 2 is 2.09 bits per heavy atom. The molecule has 2 atom stereocenters. The van der Waals surface area contributed by atoms with Crippen LogP contribution in [-0.2, 0) is 9.53 Å². The molecule has 1 heterocycles. The Labute approximate surface area is 134 Å². The predicted molar refractivity (Wildman–Crippen MR) is 86.7 cm³/mol. The van der Waals surface area contributed by atoms with Gasteiger partial charge in [0.1, 0.15) is 0 Å². The lowest BCUT2D eigenvalue weighted by molar-refractivity contribution is -0.141. The SMILES string of the molecule is COCC[C@]1(O)CCN(C(=O)CN(C)C2CCCC2)C[C@H]1C. The number of aliphatic hydroxyl groups is 1. The van der Waals surface area contributed by atoms with Crippen LogP contribution in [0.1, 0.15) is 45.4 Å². The lowest BCUT2D eigenvalue weighted by Crippen LogP contribution is -2.54. The van der Waals surface area contributed by atoms with Gasteiger partial charge in [-0.1, -0.05) is 19.8 Å². The summed E-state index contributed by atoms with van der Waals surface area (Å²) < 4.78 is 5.09. The van der Waals surface area contributed by atoms with Gasteiger partial charge in [-0.3, -0.25) is 9.69 Å². The number of ether oxygens (including phenoxy) is 1. The van der Waals surface area contributed by atoms with Crippen molar-refractivity contribution in [1.29, 1.82) is 0 Å². The third-order valence-electron chi connectivity index (χ3n) is 5.65. The normalized spacial score (nSPS) is 30.2. The first-order valence-electron chi connectivity index (χ1n) is 8.65. The summed E-state index contributed by atoms with van der Waals surface area (Å²) in [5.41, 5.74) is -0.690. The molecule has 1 saturated carbocycles. The van der Waals surface area contributed by atoms with E-state index < -0.39 is 5.60 Å². The second-order valence-electron chi connectivity index (χ2n) is 7.19. The summed E-state index contributed by atoms with van der Waals surface area (Å²) in [6, 6.07) is 0.574. The smallest absolute Gasteiger partial charge is 0.236 e. The molecule has 0 spiro atoms. The van der Waals surface area contributed by atoms with E-state index in [4.69, 9.17) is 4.74 Å². The van der Waals surface area contributed by atoms with Crippen LogP contribution in [0.2, 0.25) is 0 Å². The summed E-state index contributed by atoms with van der Waals surface area (Å²) >= 11 is 0. The Morgan fingerprint density at radius 1 is 1.41 bits per heavy atom. The standard InChI is InChI=1S/C17H32N2O3/c1-14-12-19(10-8-17(14,21)9-11-22-3)16(20)13-18(2)15-6-4-5-7-15/h14-15,21H,4-13H2,1-3H3/t14-,17-/m1/s1. The van der Waals surface area contributed by atoms with E-state index in [9.17, 15) is 9.90 Å². The third kappa shape index (κ3) is 4.21. The quantitative estimate of drug-likeness (QED) is 0.807. The number of carbonyl (C=O) groups is 1. The van der Waals surface area contributed by atoms with Gasteiger partial charge in [0.25, 0.3) is 0 Å². The number of amides is 1. The first-order valence-corrected chi connectivity index (χ1v) is 8.65. The van der Waals surface area contributed by atoms with Gasteiger partial charge in [-0.25, -0.2) is 0 Å². The van der Waals surface area contributed by atoms with E-state index in [0.29, 0.717) is 45.1 Å². The van der Waals surface area contributed by atoms with Gasteiger partial charge >= 0.3 is 0 Å². The minimum atomic E-state index is -0.690. The van der Waals surface area contributed by atoms with Crippen LogP contribution in [0, 0.1) is 5.92 Å². The van der Waals surface area contributed by atoms with Crippen LogP contribution in [0.15, 0.2) is 0 Å². The highest BCUT2D eigenvalue weighted by molar-refractivity contribution is 5.78. The molecule has 1 saturated heterocycles. The number of carbonyl (C=O) groups excluding carboxylic acids is 1. The van der Waals surface area contributed by atoms with Gasteiger partial charge in [0, 0.05) is 38.8 Å². The van der Waals surface area contributed by atoms with E-state index in [1.807, 2.05) is 11.8 Å². The van der Waals surface area contributed by atoms with Crippen LogP contribution in [-0.4, -0.2) is 72.9 Å². The van der Waals surface area contributed by atoms with Gasteiger partial charge in [0.2, 0.25) is 5.91 Å². The van der Waals surface area contributed by atoms with Crippen LogP contribution in [0.25, 0.3) is 0 Å². The zero-order chi connectivity index (χ0) is 16.2. The van der Waals surface area contributed by atoms with Crippen molar-refractivity contribution in [2.75, 3.05) is 40.4 Å². The number of hydrogen-bond acceptors (Lipinski definition) is 4. The lowest BCUT2D eigenvalue weighted by Gasteiger charge is -2.43. The maximum absolute atomic E-state index is 12.5. The Bertz CT molecular complexity index is 371. The van der Waals surface area contributed by atoms with Crippen LogP contribution in [0.4, 0.5) is 0 Å². The average molecular weight is 312 g/mol. The molecule has 5 heteroatoms. The van der Waals surface area contributed by atoms with Crippen molar-refractivity contribution in [1.82, 2.24) is 9.80 Å². The van der Waals surface area contributed by atoms with Crippen molar-refractivity contribution in [3.8, 4) is 0 Å². The van der Waals surface area contributed by atoms with E-state index in [1.54, 1.807) is 7.11 Å². The molecule has 1 aliphatic heterocycles. The average Bonchev–Trinajstić information content (AvgIpc) is 3.02. The maximum Gasteiger partial charge on any atom is 0.236 e. The van der Waals surface area contributed by atoms with Gasteiger partial charge in [-0.15, -0.1) is 0 Å². The number of rotatable bonds is 6. The van der Waals surface area contributed by atoms with E-state index in [-0.39, 0.29) is 11.8 Å². The molecular weight excluding hydrogens is 280 g/mol. The molecule has 1 N–H and O–H groups in total. The van der Waals surface area contributed by atoms with Gasteiger partial charge in [-0.05, 0) is 32.7 Å². The van der Waals surface area contributed by atoms with Crippen LogP contribution in [0.3, 0.4) is 0 Å². The number of piperidine rings is 1. The molecular formula is C17H32N2O3. The monoisotopic (exact) mass is 312 g/mol. The highest BCUT2D eigenvalue weighted by atomic mass is 16.5. The van der Waals surface area contributed by atoms with Gasteiger partial charge in [0.15, 0.2) is 0 Å². The minimum Gasteiger partial charge on any atom is -0.389 e. The van der Waals surface area contributed by atoms with Crippen LogP contribution < -0.4 is 0 Å². The van der Waals surface area contributed by atoms with E-state index in [0.717, 1.165) is 0 Å². The summed E-state index contributed by atoms with van der Waals surface area (Å²) in [5, 5.41) is 10.7. The fourth-order valence-electron chi connectivity index (χ4n) is 3.83. The van der Waals surface area contributed by atoms with Crippen molar-refractivity contribution in [2.24, 2.45) is 5.92 Å². The molecule has 0 radical (unpaired) electrons. The number of hydrogen-bond donors (Lipinski definition) is 1. The van der Waals surface area contributed by atoms with Gasteiger partial charge in [-0.2, -0.15) is 0 Å². The van der Waals surface area contributed by atoms with Crippen molar-refractivity contribution in [3.63, 3.8) is 0 Å². The lowest BCUT2D eigenvalue weighted by atomic mass is 9.80. The summed E-state index contributed by atoms with van der Waals surface area (Å²) in [6.07, 6.45) is 6.31. The van der Waals surface area contributed by atoms with Crippen molar-refractivity contribution in [2.45, 2.75) is 57.1 Å². The summed E-state index contributed by atoms with van der Waals surface area (Å²) in [4.78, 5) is 16.7. The summed E-state index contributed by atoms with van der Waals surface area (Å²) in [7, 11) is 3.72. The van der Waals surface area contributed by atoms with Gasteiger partial charge in [0.05, 0.1) is 12.1 Å². The molecule has 0 unspecified atom stereocenters. The maximum atomic E-state index is 12.5. The molecule has 128 valence electrons. The Balaban J connectivity index is 1.82. The van der Waals surface area contributed by atoms with E-state index >= 15 is 0 Å². The molecule has 0 aromatic carbocycles. The summed E-state index contributed by atoms with van der Waals surface area (Å²) in [6.45, 7) is 4.42. The molecule has 22 heavy (non-hydrogen) atoms. The highest BCUT2D eigenvalue weighted by Gasteiger charge is 2.39. The van der Waals surface area contributed by atoms with Crippen molar-refractivity contribution >= 4 is 5.91 Å². The fourth-order valence-corrected chi connectivity index (χ4v) is 3.83. The molecule has 1 amide bonds. The summed E-state index contributed by atoms with van der Waals surface area (Å²) in [5.74, 6) is 0.298. The zero-order valence-corrected chi connectivity index (χ0v) is 14.4. The Morgan fingerprint density at radius 3 is 2.68 bits per heavy atom. The second kappa shape index (κ2) is 7.75. The molecule has 2 rings (SSSR count). The first kappa shape index (κ1) is 17.7. The predicted octanol–water partition coefficient (Wildman–Crippen LogP) is 1.50. The molecule has 0 aromatic rings. The first-order chi connectivity index (χ1) is 10.5.